The fourth-order valence-corrected chi connectivity index (χ4v) is 4.29. The van der Waals surface area contributed by atoms with Crippen LogP contribution in [0.4, 0.5) is 5.82 Å². The van der Waals surface area contributed by atoms with E-state index in [1.54, 1.807) is 24.5 Å². The second-order valence-electron chi connectivity index (χ2n) is 9.98. The summed E-state index contributed by atoms with van der Waals surface area (Å²) in [6, 6.07) is 5.06. The SMILES string of the molecule is CC(C)c1cn(CC(=O)Nc2ccc(C(=O)c3ncc4ccn([C@H](C)COC5CCCCO5)c4n3)cn2)nn1. The third-order valence-corrected chi connectivity index (χ3v) is 6.54. The van der Waals surface area contributed by atoms with Gasteiger partial charge in [-0.05, 0) is 50.3 Å². The predicted octanol–water partition coefficient (Wildman–Crippen LogP) is 3.52. The maximum Gasteiger partial charge on any atom is 0.247 e. The maximum absolute atomic E-state index is 13.1. The topological polar surface area (TPSA) is 139 Å². The number of carbonyl (C=O) groups is 2. The lowest BCUT2D eigenvalue weighted by atomic mass is 10.2. The van der Waals surface area contributed by atoms with Crippen LogP contribution in [0.5, 0.6) is 0 Å². The largest absolute Gasteiger partial charge is 0.353 e. The van der Waals surface area contributed by atoms with Gasteiger partial charge in [-0.25, -0.2) is 19.6 Å². The van der Waals surface area contributed by atoms with E-state index >= 15 is 0 Å². The van der Waals surface area contributed by atoms with Gasteiger partial charge in [-0.15, -0.1) is 5.10 Å². The van der Waals surface area contributed by atoms with Crippen molar-refractivity contribution in [2.24, 2.45) is 0 Å². The number of pyridine rings is 1. The summed E-state index contributed by atoms with van der Waals surface area (Å²) in [6.07, 6.45) is 9.61. The highest BCUT2D eigenvalue weighted by atomic mass is 16.7. The van der Waals surface area contributed by atoms with Crippen LogP contribution in [0, 0.1) is 0 Å². The van der Waals surface area contributed by atoms with Crippen LogP contribution in [0.15, 0.2) is 43.0 Å². The Balaban J connectivity index is 1.22. The highest BCUT2D eigenvalue weighted by Crippen LogP contribution is 2.21. The van der Waals surface area contributed by atoms with Crippen molar-refractivity contribution < 1.29 is 19.1 Å². The first-order valence-electron chi connectivity index (χ1n) is 13.1. The molecule has 1 aliphatic heterocycles. The monoisotopic (exact) mass is 532 g/mol. The lowest BCUT2D eigenvalue weighted by Crippen LogP contribution is -2.25. The van der Waals surface area contributed by atoms with E-state index in [1.165, 1.54) is 10.9 Å². The third-order valence-electron chi connectivity index (χ3n) is 6.54. The minimum Gasteiger partial charge on any atom is -0.353 e. The van der Waals surface area contributed by atoms with E-state index < -0.39 is 0 Å². The molecule has 4 aromatic rings. The van der Waals surface area contributed by atoms with Crippen molar-refractivity contribution in [3.05, 3.63) is 60.1 Å². The van der Waals surface area contributed by atoms with Crippen molar-refractivity contribution in [2.75, 3.05) is 18.5 Å². The molecule has 0 saturated carbocycles. The molecule has 0 bridgehead atoms. The van der Waals surface area contributed by atoms with Gasteiger partial charge >= 0.3 is 0 Å². The zero-order valence-electron chi connectivity index (χ0n) is 22.3. The van der Waals surface area contributed by atoms with E-state index in [0.717, 1.165) is 36.9 Å². The van der Waals surface area contributed by atoms with Gasteiger partial charge in [0.25, 0.3) is 0 Å². The van der Waals surface area contributed by atoms with Crippen LogP contribution in [0.2, 0.25) is 0 Å². The number of hydrogen-bond donors (Lipinski definition) is 1. The van der Waals surface area contributed by atoms with E-state index in [-0.39, 0.29) is 42.3 Å². The number of nitrogens with zero attached hydrogens (tertiary/aromatic N) is 7. The second kappa shape index (κ2) is 11.8. The lowest BCUT2D eigenvalue weighted by Gasteiger charge is -2.24. The molecule has 2 atom stereocenters. The fraction of sp³-hybridized carbons (Fsp3) is 0.444. The number of ether oxygens (including phenoxy) is 2. The van der Waals surface area contributed by atoms with Crippen LogP contribution >= 0.6 is 0 Å². The molecule has 0 radical (unpaired) electrons. The van der Waals surface area contributed by atoms with Gasteiger partial charge in [0.15, 0.2) is 6.29 Å². The number of amides is 1. The molecule has 0 spiro atoms. The molecule has 1 saturated heterocycles. The van der Waals surface area contributed by atoms with E-state index in [1.807, 2.05) is 37.6 Å². The second-order valence-corrected chi connectivity index (χ2v) is 9.98. The number of fused-ring (bicyclic) bond motifs is 1. The standard InChI is InChI=1S/C27H32N8O4/c1-17(2)21-14-34(33-32-21)15-23(36)30-22-8-7-19(12-28-22)25(37)26-29-13-20-9-10-35(27(20)31-26)18(3)16-39-24-6-4-5-11-38-24/h7-10,12-14,17-18,24H,4-6,11,15-16H2,1-3H3,(H,28,30,36)/t18-,24?/m1/s1. The number of nitrogens with one attached hydrogen (secondary N) is 1. The van der Waals surface area contributed by atoms with Gasteiger partial charge in [0.1, 0.15) is 18.0 Å². The van der Waals surface area contributed by atoms with Crippen LogP contribution in [-0.2, 0) is 20.8 Å². The number of ketones is 1. The average molecular weight is 533 g/mol. The van der Waals surface area contributed by atoms with Crippen LogP contribution < -0.4 is 5.32 Å². The van der Waals surface area contributed by atoms with E-state index in [0.29, 0.717) is 23.6 Å². The van der Waals surface area contributed by atoms with Crippen molar-refractivity contribution >= 4 is 28.5 Å². The Morgan fingerprint density at radius 1 is 1.15 bits per heavy atom. The first-order chi connectivity index (χ1) is 18.9. The molecular formula is C27H32N8O4. The van der Waals surface area contributed by atoms with Crippen LogP contribution in [0.3, 0.4) is 0 Å². The molecule has 1 aliphatic rings. The fourth-order valence-electron chi connectivity index (χ4n) is 4.29. The summed E-state index contributed by atoms with van der Waals surface area (Å²) in [5.41, 5.74) is 1.78. The third kappa shape index (κ3) is 6.35. The summed E-state index contributed by atoms with van der Waals surface area (Å²) in [5, 5.41) is 11.6. The normalized spacial score (nSPS) is 16.5. The van der Waals surface area contributed by atoms with Crippen molar-refractivity contribution in [2.45, 2.75) is 64.8 Å². The maximum atomic E-state index is 13.1. The molecule has 12 heteroatoms. The lowest BCUT2D eigenvalue weighted by molar-refractivity contribution is -0.166. The molecule has 5 heterocycles. The molecule has 1 unspecified atom stereocenters. The van der Waals surface area contributed by atoms with Gasteiger partial charge in [0.05, 0.1) is 18.3 Å². The Labute approximate surface area is 225 Å². The Morgan fingerprint density at radius 2 is 2.03 bits per heavy atom. The summed E-state index contributed by atoms with van der Waals surface area (Å²) in [4.78, 5) is 38.6. The summed E-state index contributed by atoms with van der Waals surface area (Å²) in [5.74, 6) is -0.0529. The Bertz CT molecular complexity index is 1440. The molecule has 4 aromatic heterocycles. The minimum absolute atomic E-state index is 0.00667. The van der Waals surface area contributed by atoms with Crippen molar-refractivity contribution in [3.63, 3.8) is 0 Å². The first-order valence-corrected chi connectivity index (χ1v) is 13.1. The molecule has 0 aliphatic carbocycles. The minimum atomic E-state index is -0.363. The molecule has 1 fully saturated rings. The van der Waals surface area contributed by atoms with Crippen LogP contribution in [0.1, 0.15) is 73.9 Å². The van der Waals surface area contributed by atoms with Crippen molar-refractivity contribution in [1.82, 2.24) is 34.5 Å². The molecule has 39 heavy (non-hydrogen) atoms. The van der Waals surface area contributed by atoms with Crippen molar-refractivity contribution in [1.29, 1.82) is 0 Å². The molecule has 204 valence electrons. The highest BCUT2D eigenvalue weighted by Gasteiger charge is 2.19. The quantitative estimate of drug-likeness (QED) is 0.304. The average Bonchev–Trinajstić information content (AvgIpc) is 3.59. The Kier molecular flexibility index (Phi) is 8.03. The molecule has 0 aromatic carbocycles. The molecule has 5 rings (SSSR count). The Morgan fingerprint density at radius 3 is 2.74 bits per heavy atom. The van der Waals surface area contributed by atoms with Crippen LogP contribution in [0.25, 0.3) is 11.0 Å². The van der Waals surface area contributed by atoms with Crippen LogP contribution in [-0.4, -0.2) is 65.7 Å². The molecular weight excluding hydrogens is 500 g/mol. The number of rotatable bonds is 10. The molecule has 12 nitrogen and oxygen atoms in total. The zero-order chi connectivity index (χ0) is 27.4. The van der Waals surface area contributed by atoms with Crippen molar-refractivity contribution in [3.8, 4) is 0 Å². The first kappa shape index (κ1) is 26.6. The smallest absolute Gasteiger partial charge is 0.247 e. The number of anilines is 1. The van der Waals surface area contributed by atoms with Gasteiger partial charge < -0.3 is 19.4 Å². The molecule has 1 amide bonds. The summed E-state index contributed by atoms with van der Waals surface area (Å²) in [6.45, 7) is 7.25. The summed E-state index contributed by atoms with van der Waals surface area (Å²) in [7, 11) is 0. The van der Waals surface area contributed by atoms with Gasteiger partial charge in [-0.1, -0.05) is 19.1 Å². The summed E-state index contributed by atoms with van der Waals surface area (Å²) >= 11 is 0. The number of aromatic nitrogens is 7. The number of carbonyl (C=O) groups excluding carboxylic acids is 2. The predicted molar refractivity (Wildman–Crippen MR) is 142 cm³/mol. The molecule has 1 N–H and O–H groups in total. The summed E-state index contributed by atoms with van der Waals surface area (Å²) < 4.78 is 15.1. The van der Waals surface area contributed by atoms with E-state index in [2.05, 4.69) is 30.6 Å². The zero-order valence-corrected chi connectivity index (χ0v) is 22.3. The Hall–Kier alpha value is -4.03. The highest BCUT2D eigenvalue weighted by molar-refractivity contribution is 6.07. The van der Waals surface area contributed by atoms with Gasteiger partial charge in [-0.2, -0.15) is 0 Å². The van der Waals surface area contributed by atoms with Gasteiger partial charge in [-0.3, -0.25) is 9.59 Å². The van der Waals surface area contributed by atoms with Gasteiger partial charge in [0.2, 0.25) is 17.5 Å². The van der Waals surface area contributed by atoms with E-state index in [4.69, 9.17) is 9.47 Å². The van der Waals surface area contributed by atoms with Gasteiger partial charge in [0, 0.05) is 42.3 Å². The van der Waals surface area contributed by atoms with E-state index in [9.17, 15) is 9.59 Å². The number of hydrogen-bond acceptors (Lipinski definition) is 9.